The van der Waals surface area contributed by atoms with Gasteiger partial charge in [0, 0.05) is 8.07 Å². The van der Waals surface area contributed by atoms with Crippen molar-refractivity contribution in [1.82, 2.24) is 0 Å². The van der Waals surface area contributed by atoms with Crippen LogP contribution in [0, 0.1) is 5.41 Å². The summed E-state index contributed by atoms with van der Waals surface area (Å²) >= 11 is 0. The monoisotopic (exact) mass is 276 g/mol. The normalized spacial score (nSPS) is 16.3. The molecule has 0 amide bonds. The maximum atomic E-state index is 6.28. The molecule has 4 heteroatoms. The Kier molecular flexibility index (Phi) is 5.71. The van der Waals surface area contributed by atoms with Gasteiger partial charge in [-0.3, -0.25) is 0 Å². The minimum atomic E-state index is -1.31. The third-order valence-electron chi connectivity index (χ3n) is 2.40. The summed E-state index contributed by atoms with van der Waals surface area (Å²) in [6.07, 6.45) is 0. The Morgan fingerprint density at radius 2 is 1.44 bits per heavy atom. The molecule has 0 radical (unpaired) electrons. The van der Waals surface area contributed by atoms with Gasteiger partial charge in [0.2, 0.25) is 0 Å². The van der Waals surface area contributed by atoms with Crippen LogP contribution in [0.2, 0.25) is 57.9 Å². The Bertz CT molecular complexity index is 213. The van der Waals surface area contributed by atoms with Gasteiger partial charge in [0.15, 0.2) is 17.4 Å². The molecule has 0 heterocycles. The van der Waals surface area contributed by atoms with E-state index >= 15 is 0 Å². The summed E-state index contributed by atoms with van der Waals surface area (Å²) in [7, 11) is -3.20. The zero-order valence-electron chi connectivity index (χ0n) is 12.9. The van der Waals surface area contributed by atoms with Gasteiger partial charge in [-0.2, -0.15) is 0 Å². The second-order valence-corrected chi connectivity index (χ2v) is 20.8. The first-order valence-electron chi connectivity index (χ1n) is 6.49. The molecule has 0 fully saturated rings. The number of hydrogen-bond donors (Lipinski definition) is 0. The van der Waals surface area contributed by atoms with E-state index in [1.807, 2.05) is 0 Å². The van der Waals surface area contributed by atoms with E-state index in [0.29, 0.717) is 5.41 Å². The zero-order valence-corrected chi connectivity index (χ0v) is 16.1. The van der Waals surface area contributed by atoms with Crippen molar-refractivity contribution >= 4 is 25.4 Å². The van der Waals surface area contributed by atoms with Crippen molar-refractivity contribution in [3.8, 4) is 0 Å². The lowest BCUT2D eigenvalue weighted by molar-refractivity contribution is 0.432. The van der Waals surface area contributed by atoms with Crippen LogP contribution in [0.1, 0.15) is 13.8 Å². The summed E-state index contributed by atoms with van der Waals surface area (Å²) in [5.74, 6) is 0. The molecule has 0 aliphatic carbocycles. The molecule has 98 valence electrons. The molecule has 0 aromatic carbocycles. The van der Waals surface area contributed by atoms with Crippen molar-refractivity contribution < 1.29 is 4.12 Å². The number of rotatable bonds is 6. The average molecular weight is 277 g/mol. The maximum Gasteiger partial charge on any atom is 0.170 e. The highest BCUT2D eigenvalue weighted by Gasteiger charge is 2.30. The lowest BCUT2D eigenvalue weighted by Gasteiger charge is -2.34. The Morgan fingerprint density at radius 3 is 1.75 bits per heavy atom. The van der Waals surface area contributed by atoms with E-state index in [9.17, 15) is 0 Å². The van der Waals surface area contributed by atoms with E-state index in [0.717, 1.165) is 0 Å². The second kappa shape index (κ2) is 5.50. The summed E-state index contributed by atoms with van der Waals surface area (Å²) in [5.41, 5.74) is 0.496. The molecule has 0 rings (SSSR count). The highest BCUT2D eigenvalue weighted by atomic mass is 28.4. The van der Waals surface area contributed by atoms with Crippen LogP contribution in [-0.2, 0) is 4.12 Å². The lowest BCUT2D eigenvalue weighted by Crippen LogP contribution is -2.37. The van der Waals surface area contributed by atoms with E-state index in [2.05, 4.69) is 59.7 Å². The first-order valence-corrected chi connectivity index (χ1v) is 16.0. The molecule has 0 aliphatic heterocycles. The molecular formula is C12H32OSi3. The number of hydrogen-bond acceptors (Lipinski definition) is 1. The molecule has 0 bridgehead atoms. The van der Waals surface area contributed by atoms with Gasteiger partial charge in [0.25, 0.3) is 0 Å². The van der Waals surface area contributed by atoms with Crippen LogP contribution in [0.25, 0.3) is 0 Å². The quantitative estimate of drug-likeness (QED) is 0.646. The van der Waals surface area contributed by atoms with Crippen LogP contribution >= 0.6 is 0 Å². The van der Waals surface area contributed by atoms with Gasteiger partial charge in [0.1, 0.15) is 0 Å². The fourth-order valence-corrected chi connectivity index (χ4v) is 13.1. The van der Waals surface area contributed by atoms with Crippen molar-refractivity contribution in [3.05, 3.63) is 0 Å². The SMILES string of the molecule is C[SiH](CC(C)(C)C[Si](C)(C)C)O[Si](C)(C)C. The standard InChI is InChI=1S/C12H32OSi3/c1-12(2,11-15(4,5)6)10-14(3)13-16(7,8)9/h14H,10-11H2,1-9H3. The van der Waals surface area contributed by atoms with Gasteiger partial charge in [-0.25, -0.2) is 0 Å². The highest BCUT2D eigenvalue weighted by Crippen LogP contribution is 2.34. The Morgan fingerprint density at radius 1 is 1.00 bits per heavy atom. The van der Waals surface area contributed by atoms with Crippen molar-refractivity contribution in [1.29, 1.82) is 0 Å². The van der Waals surface area contributed by atoms with Crippen LogP contribution < -0.4 is 0 Å². The van der Waals surface area contributed by atoms with E-state index in [-0.39, 0.29) is 0 Å². The first kappa shape index (κ1) is 16.6. The Hall–Kier alpha value is 0.611. The second-order valence-electron chi connectivity index (χ2n) is 8.15. The summed E-state index contributed by atoms with van der Waals surface area (Å²) in [6.45, 7) is 21.6. The van der Waals surface area contributed by atoms with Crippen LogP contribution in [0.3, 0.4) is 0 Å². The van der Waals surface area contributed by atoms with Crippen molar-refractivity contribution in [2.45, 2.75) is 71.8 Å². The van der Waals surface area contributed by atoms with Gasteiger partial charge in [-0.15, -0.1) is 0 Å². The van der Waals surface area contributed by atoms with Gasteiger partial charge in [-0.1, -0.05) is 39.5 Å². The average Bonchev–Trinajstić information content (AvgIpc) is 1.70. The minimum Gasteiger partial charge on any atom is -0.458 e. The van der Waals surface area contributed by atoms with E-state index in [1.165, 1.54) is 12.1 Å². The molecule has 16 heavy (non-hydrogen) atoms. The molecule has 0 aromatic heterocycles. The Labute approximate surface area is 107 Å². The predicted molar refractivity (Wildman–Crippen MR) is 84.2 cm³/mol. The van der Waals surface area contributed by atoms with Crippen molar-refractivity contribution in [2.24, 2.45) is 5.41 Å². The van der Waals surface area contributed by atoms with Gasteiger partial charge < -0.3 is 4.12 Å². The van der Waals surface area contributed by atoms with E-state index < -0.39 is 25.4 Å². The van der Waals surface area contributed by atoms with Gasteiger partial charge >= 0.3 is 0 Å². The minimum absolute atomic E-state index is 0.496. The van der Waals surface area contributed by atoms with Crippen LogP contribution in [0.15, 0.2) is 0 Å². The fraction of sp³-hybridized carbons (Fsp3) is 1.00. The molecule has 1 unspecified atom stereocenters. The molecule has 1 nitrogen and oxygen atoms in total. The topological polar surface area (TPSA) is 9.23 Å². The first-order chi connectivity index (χ1) is 6.81. The van der Waals surface area contributed by atoms with Gasteiger partial charge in [-0.05, 0) is 37.6 Å². The van der Waals surface area contributed by atoms with E-state index in [1.54, 1.807) is 0 Å². The van der Waals surface area contributed by atoms with Crippen LogP contribution in [0.5, 0.6) is 0 Å². The fourth-order valence-electron chi connectivity index (χ4n) is 2.93. The van der Waals surface area contributed by atoms with E-state index in [4.69, 9.17) is 4.12 Å². The smallest absolute Gasteiger partial charge is 0.170 e. The van der Waals surface area contributed by atoms with Crippen molar-refractivity contribution in [3.63, 3.8) is 0 Å². The molecule has 0 saturated heterocycles. The molecule has 0 N–H and O–H groups in total. The largest absolute Gasteiger partial charge is 0.458 e. The Balaban J connectivity index is 4.26. The molecular weight excluding hydrogens is 244 g/mol. The van der Waals surface area contributed by atoms with Gasteiger partial charge in [0.05, 0.1) is 0 Å². The highest BCUT2D eigenvalue weighted by molar-refractivity contribution is 6.77. The summed E-state index contributed by atoms with van der Waals surface area (Å²) in [4.78, 5) is 0. The summed E-state index contributed by atoms with van der Waals surface area (Å²) < 4.78 is 6.28. The molecule has 0 spiro atoms. The molecule has 0 aromatic rings. The summed E-state index contributed by atoms with van der Waals surface area (Å²) in [5, 5.41) is 0. The zero-order chi connectivity index (χ0) is 13.2. The lowest BCUT2D eigenvalue weighted by atomic mass is 10.00. The van der Waals surface area contributed by atoms with Crippen molar-refractivity contribution in [2.75, 3.05) is 0 Å². The third kappa shape index (κ3) is 9.81. The molecule has 0 aliphatic rings. The molecule has 1 atom stereocenters. The summed E-state index contributed by atoms with van der Waals surface area (Å²) in [6, 6.07) is 2.76. The molecule has 0 saturated carbocycles. The van der Waals surface area contributed by atoms with Crippen LogP contribution in [-0.4, -0.2) is 25.4 Å². The van der Waals surface area contributed by atoms with Crippen LogP contribution in [0.4, 0.5) is 0 Å². The third-order valence-corrected chi connectivity index (χ3v) is 10.5. The predicted octanol–water partition coefficient (Wildman–Crippen LogP) is 4.56. The maximum absolute atomic E-state index is 6.28.